The summed E-state index contributed by atoms with van der Waals surface area (Å²) >= 11 is 0. The van der Waals surface area contributed by atoms with Crippen molar-refractivity contribution in [2.24, 2.45) is 5.92 Å². The molecule has 6 nitrogen and oxygen atoms in total. The van der Waals surface area contributed by atoms with Crippen molar-refractivity contribution in [2.75, 3.05) is 13.1 Å². The lowest BCUT2D eigenvalue weighted by atomic mass is 9.85. The summed E-state index contributed by atoms with van der Waals surface area (Å²) in [7, 11) is 0. The molecular weight excluding hydrogens is 342 g/mol. The molecule has 2 saturated carbocycles. The van der Waals surface area contributed by atoms with Gasteiger partial charge in [0.15, 0.2) is 0 Å². The second-order valence-corrected chi connectivity index (χ2v) is 8.29. The summed E-state index contributed by atoms with van der Waals surface area (Å²) in [6.45, 7) is 5.07. The van der Waals surface area contributed by atoms with E-state index in [1.165, 1.54) is 18.4 Å². The van der Waals surface area contributed by atoms with Crippen molar-refractivity contribution in [1.29, 1.82) is 0 Å². The van der Waals surface area contributed by atoms with Crippen molar-refractivity contribution in [2.45, 2.75) is 51.6 Å². The number of hydrogen-bond acceptors (Lipinski definition) is 3. The van der Waals surface area contributed by atoms with Gasteiger partial charge in [-0.15, -0.1) is 0 Å². The van der Waals surface area contributed by atoms with E-state index in [0.717, 1.165) is 35.9 Å². The van der Waals surface area contributed by atoms with Gasteiger partial charge < -0.3 is 15.4 Å². The van der Waals surface area contributed by atoms with Crippen molar-refractivity contribution >= 4 is 22.8 Å². The van der Waals surface area contributed by atoms with E-state index < -0.39 is 5.97 Å². The number of nitrogens with zero attached hydrogens (tertiary/aromatic N) is 1. The third-order valence-corrected chi connectivity index (χ3v) is 5.83. The summed E-state index contributed by atoms with van der Waals surface area (Å²) in [4.78, 5) is 29.0. The Balaban J connectivity index is 1.35. The summed E-state index contributed by atoms with van der Waals surface area (Å²) in [5, 5.41) is 13.3. The molecule has 1 amide bonds. The number of fused-ring (bicyclic) bond motifs is 1. The fourth-order valence-electron chi connectivity index (χ4n) is 4.14. The Bertz CT molecular complexity index is 878. The van der Waals surface area contributed by atoms with E-state index in [9.17, 15) is 9.59 Å². The van der Waals surface area contributed by atoms with Gasteiger partial charge >= 0.3 is 5.97 Å². The minimum absolute atomic E-state index is 0.0846. The number of carboxylic acids is 1. The maximum atomic E-state index is 12.6. The number of amides is 1. The van der Waals surface area contributed by atoms with Crippen molar-refractivity contribution in [3.8, 4) is 0 Å². The van der Waals surface area contributed by atoms with Gasteiger partial charge in [0.05, 0.1) is 6.54 Å². The molecule has 1 aromatic heterocycles. The molecule has 2 fully saturated rings. The molecule has 0 aliphatic heterocycles. The number of carboxylic acid groups (broad SMARTS) is 1. The van der Waals surface area contributed by atoms with Crippen LogP contribution >= 0.6 is 0 Å². The first-order chi connectivity index (χ1) is 12.9. The number of carbonyl (C=O) groups excluding carboxylic acids is 1. The molecule has 4 rings (SSSR count). The molecule has 1 heterocycles. The van der Waals surface area contributed by atoms with Crippen LogP contribution in [0.25, 0.3) is 10.9 Å². The Labute approximate surface area is 158 Å². The molecule has 1 aromatic carbocycles. The van der Waals surface area contributed by atoms with Gasteiger partial charge in [-0.2, -0.15) is 0 Å². The van der Waals surface area contributed by atoms with Crippen LogP contribution in [-0.2, 0) is 4.79 Å². The Morgan fingerprint density at radius 3 is 2.63 bits per heavy atom. The number of hydrogen-bond donors (Lipinski definition) is 3. The van der Waals surface area contributed by atoms with E-state index in [1.807, 2.05) is 13.0 Å². The van der Waals surface area contributed by atoms with E-state index in [2.05, 4.69) is 34.3 Å². The van der Waals surface area contributed by atoms with E-state index in [4.69, 9.17) is 5.11 Å². The molecule has 27 heavy (non-hydrogen) atoms. The van der Waals surface area contributed by atoms with Crippen LogP contribution in [0.15, 0.2) is 18.2 Å². The maximum Gasteiger partial charge on any atom is 0.317 e. The summed E-state index contributed by atoms with van der Waals surface area (Å²) in [6, 6.07) is 6.47. The Hall–Kier alpha value is -2.34. The van der Waals surface area contributed by atoms with Gasteiger partial charge in [0.1, 0.15) is 5.69 Å². The quantitative estimate of drug-likeness (QED) is 0.701. The zero-order valence-electron chi connectivity index (χ0n) is 15.9. The van der Waals surface area contributed by atoms with Gasteiger partial charge in [0.25, 0.3) is 5.91 Å². The monoisotopic (exact) mass is 369 g/mol. The van der Waals surface area contributed by atoms with E-state index >= 15 is 0 Å². The second-order valence-electron chi connectivity index (χ2n) is 8.29. The van der Waals surface area contributed by atoms with Crippen LogP contribution in [0.3, 0.4) is 0 Å². The maximum absolute atomic E-state index is 12.6. The third kappa shape index (κ3) is 4.00. The van der Waals surface area contributed by atoms with Crippen LogP contribution in [0.5, 0.6) is 0 Å². The Morgan fingerprint density at radius 2 is 1.96 bits per heavy atom. The summed E-state index contributed by atoms with van der Waals surface area (Å²) in [5.74, 6) is -0.193. The average Bonchev–Trinajstić information content (AvgIpc) is 3.25. The minimum Gasteiger partial charge on any atom is -0.480 e. The number of aromatic nitrogens is 1. The molecule has 0 unspecified atom stereocenters. The molecule has 144 valence electrons. The fourth-order valence-corrected chi connectivity index (χ4v) is 4.14. The van der Waals surface area contributed by atoms with Gasteiger partial charge in [-0.1, -0.05) is 6.07 Å². The predicted octanol–water partition coefficient (Wildman–Crippen LogP) is 2.84. The lowest BCUT2D eigenvalue weighted by Gasteiger charge is -2.42. The van der Waals surface area contributed by atoms with E-state index in [-0.39, 0.29) is 24.5 Å². The molecule has 0 atom stereocenters. The SMILES string of the molecule is Cc1cc(C)c2cc(C(=O)NC3CC(N(CC(=O)O)CC4CC4)C3)[nH]c2c1. The molecule has 2 aliphatic carbocycles. The first-order valence-electron chi connectivity index (χ1n) is 9.75. The van der Waals surface area contributed by atoms with Crippen LogP contribution < -0.4 is 5.32 Å². The summed E-state index contributed by atoms with van der Waals surface area (Å²) in [6.07, 6.45) is 4.07. The molecule has 0 bridgehead atoms. The van der Waals surface area contributed by atoms with Crippen LogP contribution in [0.2, 0.25) is 0 Å². The number of aryl methyl sites for hydroxylation is 2. The predicted molar refractivity (Wildman–Crippen MR) is 104 cm³/mol. The Kier molecular flexibility index (Phi) is 4.68. The smallest absolute Gasteiger partial charge is 0.317 e. The summed E-state index contributed by atoms with van der Waals surface area (Å²) in [5.41, 5.74) is 3.90. The molecule has 2 aliphatic rings. The highest BCUT2D eigenvalue weighted by atomic mass is 16.4. The molecule has 6 heteroatoms. The number of aromatic amines is 1. The van der Waals surface area contributed by atoms with Crippen molar-refractivity contribution < 1.29 is 14.7 Å². The minimum atomic E-state index is -0.771. The largest absolute Gasteiger partial charge is 0.480 e. The highest BCUT2D eigenvalue weighted by Gasteiger charge is 2.37. The van der Waals surface area contributed by atoms with Gasteiger partial charge in [-0.25, -0.2) is 0 Å². The third-order valence-electron chi connectivity index (χ3n) is 5.83. The van der Waals surface area contributed by atoms with Gasteiger partial charge in [0.2, 0.25) is 0 Å². The van der Waals surface area contributed by atoms with Crippen LogP contribution in [-0.4, -0.2) is 52.0 Å². The first-order valence-corrected chi connectivity index (χ1v) is 9.75. The highest BCUT2D eigenvalue weighted by Crippen LogP contribution is 2.34. The molecule has 0 radical (unpaired) electrons. The topological polar surface area (TPSA) is 85.4 Å². The van der Waals surface area contributed by atoms with Crippen LogP contribution in [0.1, 0.15) is 47.3 Å². The highest BCUT2D eigenvalue weighted by molar-refractivity contribution is 5.99. The van der Waals surface area contributed by atoms with Gasteiger partial charge in [-0.05, 0) is 68.7 Å². The van der Waals surface area contributed by atoms with Crippen LogP contribution in [0.4, 0.5) is 0 Å². The number of H-pyrrole nitrogens is 1. The Morgan fingerprint density at radius 1 is 1.22 bits per heavy atom. The molecule has 0 spiro atoms. The molecule has 3 N–H and O–H groups in total. The lowest BCUT2D eigenvalue weighted by molar-refractivity contribution is -0.139. The number of rotatable bonds is 7. The van der Waals surface area contributed by atoms with Crippen molar-refractivity contribution in [1.82, 2.24) is 15.2 Å². The van der Waals surface area contributed by atoms with Gasteiger partial charge in [-0.3, -0.25) is 14.5 Å². The number of aliphatic carboxylic acids is 1. The number of benzene rings is 1. The standard InChI is InChI=1S/C21H27N3O3/c1-12-5-13(2)17-9-19(23-18(17)6-12)21(27)22-15-7-16(8-15)24(11-20(25)26)10-14-3-4-14/h5-6,9,14-16,23H,3-4,7-8,10-11H2,1-2H3,(H,22,27)(H,25,26). The number of carbonyl (C=O) groups is 2. The van der Waals surface area contributed by atoms with E-state index in [0.29, 0.717) is 11.6 Å². The van der Waals surface area contributed by atoms with Crippen LogP contribution in [0, 0.1) is 19.8 Å². The lowest BCUT2D eigenvalue weighted by Crippen LogP contribution is -2.55. The van der Waals surface area contributed by atoms with Crippen molar-refractivity contribution in [3.63, 3.8) is 0 Å². The van der Waals surface area contributed by atoms with E-state index in [1.54, 1.807) is 0 Å². The normalized spacial score (nSPS) is 22.0. The molecular formula is C21H27N3O3. The zero-order chi connectivity index (χ0) is 19.1. The van der Waals surface area contributed by atoms with Gasteiger partial charge in [0, 0.05) is 29.5 Å². The number of nitrogens with one attached hydrogen (secondary N) is 2. The summed E-state index contributed by atoms with van der Waals surface area (Å²) < 4.78 is 0. The zero-order valence-corrected chi connectivity index (χ0v) is 15.9. The first kappa shape index (κ1) is 18.0. The molecule has 0 saturated heterocycles. The fraction of sp³-hybridized carbons (Fsp3) is 0.524. The average molecular weight is 369 g/mol. The van der Waals surface area contributed by atoms with Crippen molar-refractivity contribution in [3.05, 3.63) is 35.0 Å². The molecule has 2 aromatic rings. The second kappa shape index (κ2) is 7.00.